The first-order chi connectivity index (χ1) is 14.3. The third kappa shape index (κ3) is 3.53. The van der Waals surface area contributed by atoms with Crippen LogP contribution < -0.4 is 11.3 Å². The highest BCUT2D eigenvalue weighted by molar-refractivity contribution is 5.93. The Morgan fingerprint density at radius 3 is 1.50 bits per heavy atom. The zero-order valence-electron chi connectivity index (χ0n) is 15.1. The van der Waals surface area contributed by atoms with Crippen LogP contribution in [0.3, 0.4) is 0 Å². The highest BCUT2D eigenvalue weighted by atomic mass is 16.4. The molecule has 0 aliphatic carbocycles. The number of benzene rings is 2. The minimum absolute atomic E-state index is 0.0447. The van der Waals surface area contributed by atoms with Crippen LogP contribution in [-0.4, -0.2) is 32.1 Å². The molecule has 10 heteroatoms. The molecule has 10 nitrogen and oxygen atoms in total. The number of rotatable bonds is 5. The van der Waals surface area contributed by atoms with Gasteiger partial charge in [-0.2, -0.15) is 0 Å². The first-order valence-electron chi connectivity index (χ1n) is 8.66. The van der Waals surface area contributed by atoms with Crippen molar-refractivity contribution in [3.63, 3.8) is 0 Å². The van der Waals surface area contributed by atoms with Gasteiger partial charge in [0.25, 0.3) is 0 Å². The second-order valence-corrected chi connectivity index (χ2v) is 6.36. The van der Waals surface area contributed by atoms with E-state index in [1.165, 1.54) is 36.4 Å². The summed E-state index contributed by atoms with van der Waals surface area (Å²) in [5.41, 5.74) is -1.02. The monoisotopic (exact) mass is 408 g/mol. The standard InChI is InChI=1S/C20H12N2O8/c23-17(24)9-1-3-13-11(7-9)19(27)29-15(21-13)5-6-16-22-14-4-2-10(18(25)26)8-12(14)20(28)30-16/h1-4,7-8H,5-6H2,(H,23,24)(H,25,26). The maximum Gasteiger partial charge on any atom is 0.346 e. The topological polar surface area (TPSA) is 161 Å². The van der Waals surface area contributed by atoms with Gasteiger partial charge in [-0.25, -0.2) is 29.1 Å². The van der Waals surface area contributed by atoms with E-state index >= 15 is 0 Å². The molecule has 0 radical (unpaired) electrons. The van der Waals surface area contributed by atoms with Crippen LogP contribution in [0.1, 0.15) is 32.5 Å². The highest BCUT2D eigenvalue weighted by Gasteiger charge is 2.13. The van der Waals surface area contributed by atoms with Crippen LogP contribution in [0, 0.1) is 0 Å². The quantitative estimate of drug-likeness (QED) is 0.499. The lowest BCUT2D eigenvalue weighted by Crippen LogP contribution is -2.10. The Kier molecular flexibility index (Phi) is 4.59. The maximum absolute atomic E-state index is 12.2. The number of hydrogen-bond donors (Lipinski definition) is 2. The van der Waals surface area contributed by atoms with Crippen molar-refractivity contribution in [3.05, 3.63) is 80.1 Å². The largest absolute Gasteiger partial charge is 0.478 e. The second-order valence-electron chi connectivity index (χ2n) is 6.36. The fourth-order valence-corrected chi connectivity index (χ4v) is 2.93. The lowest BCUT2D eigenvalue weighted by molar-refractivity contribution is 0.0686. The molecule has 2 heterocycles. The Labute approximate surface area is 166 Å². The van der Waals surface area contributed by atoms with E-state index in [2.05, 4.69) is 9.97 Å². The molecule has 0 amide bonds. The summed E-state index contributed by atoms with van der Waals surface area (Å²) in [5.74, 6) is -2.20. The van der Waals surface area contributed by atoms with Crippen molar-refractivity contribution < 1.29 is 28.6 Å². The minimum Gasteiger partial charge on any atom is -0.478 e. The molecule has 2 aromatic carbocycles. The Hall–Kier alpha value is -4.34. The summed E-state index contributed by atoms with van der Waals surface area (Å²) in [6.07, 6.45) is 0.195. The molecule has 0 fully saturated rings. The van der Waals surface area contributed by atoms with Gasteiger partial charge >= 0.3 is 23.2 Å². The van der Waals surface area contributed by atoms with Crippen molar-refractivity contribution in [1.29, 1.82) is 0 Å². The number of aryl methyl sites for hydroxylation is 2. The molecule has 0 spiro atoms. The Bertz CT molecular complexity index is 1340. The second kappa shape index (κ2) is 7.24. The molecule has 0 aliphatic rings. The van der Waals surface area contributed by atoms with Gasteiger partial charge in [0, 0.05) is 12.8 Å². The summed E-state index contributed by atoms with van der Waals surface area (Å²) in [6.45, 7) is 0. The molecular formula is C20H12N2O8. The fourth-order valence-electron chi connectivity index (χ4n) is 2.93. The summed E-state index contributed by atoms with van der Waals surface area (Å²) in [5, 5.41) is 18.1. The molecule has 2 N–H and O–H groups in total. The summed E-state index contributed by atoms with van der Waals surface area (Å²) in [6, 6.07) is 7.86. The first-order valence-corrected chi connectivity index (χ1v) is 8.66. The highest BCUT2D eigenvalue weighted by Crippen LogP contribution is 2.14. The van der Waals surface area contributed by atoms with Crippen molar-refractivity contribution in [3.8, 4) is 0 Å². The number of hydrogen-bond acceptors (Lipinski definition) is 8. The first kappa shape index (κ1) is 19.0. The molecule has 0 unspecified atom stereocenters. The van der Waals surface area contributed by atoms with E-state index in [1.54, 1.807) is 0 Å². The Morgan fingerprint density at radius 2 is 1.13 bits per heavy atom. The van der Waals surface area contributed by atoms with Gasteiger partial charge in [0.05, 0.1) is 32.9 Å². The lowest BCUT2D eigenvalue weighted by atomic mass is 10.1. The van der Waals surface area contributed by atoms with Crippen molar-refractivity contribution in [2.45, 2.75) is 12.8 Å². The van der Waals surface area contributed by atoms with Crippen LogP contribution in [0.15, 0.2) is 54.8 Å². The third-order valence-corrected chi connectivity index (χ3v) is 4.39. The fraction of sp³-hybridized carbons (Fsp3) is 0.100. The molecule has 150 valence electrons. The van der Waals surface area contributed by atoms with E-state index in [9.17, 15) is 19.2 Å². The van der Waals surface area contributed by atoms with Crippen molar-refractivity contribution in [2.75, 3.05) is 0 Å². The Balaban J connectivity index is 1.62. The van der Waals surface area contributed by atoms with Crippen LogP contribution in [0.4, 0.5) is 0 Å². The zero-order chi connectivity index (χ0) is 21.4. The molecule has 4 aromatic rings. The Morgan fingerprint density at radius 1 is 0.733 bits per heavy atom. The molecule has 2 aromatic heterocycles. The van der Waals surface area contributed by atoms with Crippen molar-refractivity contribution >= 4 is 33.7 Å². The van der Waals surface area contributed by atoms with Crippen LogP contribution in [0.2, 0.25) is 0 Å². The summed E-state index contributed by atoms with van der Waals surface area (Å²) in [7, 11) is 0. The SMILES string of the molecule is O=C(O)c1ccc2nc(CCc3nc4ccc(C(=O)O)cc4c(=O)o3)oc(=O)c2c1. The summed E-state index contributed by atoms with van der Waals surface area (Å²) in [4.78, 5) is 54.8. The third-order valence-electron chi connectivity index (χ3n) is 4.39. The average Bonchev–Trinajstić information content (AvgIpc) is 2.71. The summed E-state index contributed by atoms with van der Waals surface area (Å²) >= 11 is 0. The van der Waals surface area contributed by atoms with E-state index in [0.29, 0.717) is 0 Å². The number of nitrogens with zero attached hydrogens (tertiary/aromatic N) is 2. The summed E-state index contributed by atoms with van der Waals surface area (Å²) < 4.78 is 10.3. The molecule has 4 rings (SSSR count). The molecule has 0 aliphatic heterocycles. The molecule has 0 bridgehead atoms. The van der Waals surface area contributed by atoms with Gasteiger partial charge < -0.3 is 19.0 Å². The smallest absolute Gasteiger partial charge is 0.346 e. The molecular weight excluding hydrogens is 396 g/mol. The van der Waals surface area contributed by atoms with Gasteiger partial charge in [-0.3, -0.25) is 0 Å². The van der Waals surface area contributed by atoms with Crippen molar-refractivity contribution in [1.82, 2.24) is 9.97 Å². The molecule has 0 atom stereocenters. The predicted octanol–water partition coefficient (Wildman–Crippen LogP) is 1.87. The van der Waals surface area contributed by atoms with Gasteiger partial charge in [0.15, 0.2) is 11.8 Å². The number of carboxylic acids is 2. The number of carbonyl (C=O) groups is 2. The van der Waals surface area contributed by atoms with E-state index < -0.39 is 23.2 Å². The number of fused-ring (bicyclic) bond motifs is 2. The maximum atomic E-state index is 12.2. The van der Waals surface area contributed by atoms with Gasteiger partial charge in [-0.1, -0.05) is 0 Å². The minimum atomic E-state index is -1.17. The van der Waals surface area contributed by atoms with Gasteiger partial charge in [0.2, 0.25) is 0 Å². The average molecular weight is 408 g/mol. The molecule has 30 heavy (non-hydrogen) atoms. The van der Waals surface area contributed by atoms with Crippen LogP contribution in [0.5, 0.6) is 0 Å². The lowest BCUT2D eigenvalue weighted by Gasteiger charge is -2.04. The predicted molar refractivity (Wildman–Crippen MR) is 102 cm³/mol. The number of aromatic carboxylic acids is 2. The van der Waals surface area contributed by atoms with E-state index in [1.807, 2.05) is 0 Å². The number of carboxylic acid groups (broad SMARTS) is 2. The molecule has 0 saturated heterocycles. The molecule has 0 saturated carbocycles. The van der Waals surface area contributed by atoms with E-state index in [-0.39, 0.29) is 57.6 Å². The van der Waals surface area contributed by atoms with E-state index in [4.69, 9.17) is 19.0 Å². The van der Waals surface area contributed by atoms with Crippen LogP contribution in [0.25, 0.3) is 21.8 Å². The van der Waals surface area contributed by atoms with Crippen molar-refractivity contribution in [2.24, 2.45) is 0 Å². The normalized spacial score (nSPS) is 11.1. The van der Waals surface area contributed by atoms with Crippen LogP contribution >= 0.6 is 0 Å². The zero-order valence-corrected chi connectivity index (χ0v) is 15.1. The number of aromatic nitrogens is 2. The van der Waals surface area contributed by atoms with Gasteiger partial charge in [-0.05, 0) is 36.4 Å². The van der Waals surface area contributed by atoms with Crippen LogP contribution in [-0.2, 0) is 12.8 Å². The van der Waals surface area contributed by atoms with Gasteiger partial charge in [0.1, 0.15) is 0 Å². The van der Waals surface area contributed by atoms with Gasteiger partial charge in [-0.15, -0.1) is 0 Å². The van der Waals surface area contributed by atoms with E-state index in [0.717, 1.165) is 0 Å².